The van der Waals surface area contributed by atoms with Crippen LogP contribution in [-0.4, -0.2) is 23.6 Å². The van der Waals surface area contributed by atoms with Crippen LogP contribution in [0.3, 0.4) is 0 Å². The summed E-state index contributed by atoms with van der Waals surface area (Å²) in [6.07, 6.45) is 0. The van der Waals surface area contributed by atoms with Crippen molar-refractivity contribution in [3.8, 4) is 11.5 Å². The molecule has 1 aromatic rings. The van der Waals surface area contributed by atoms with Crippen LogP contribution in [0.4, 0.5) is 0 Å². The van der Waals surface area contributed by atoms with Crippen LogP contribution in [0.25, 0.3) is 0 Å². The molecule has 1 heterocycles. The topological polar surface area (TPSA) is 47.6 Å². The van der Waals surface area contributed by atoms with Crippen LogP contribution >= 0.6 is 15.9 Å². The highest BCUT2D eigenvalue weighted by atomic mass is 79.9. The maximum atomic E-state index is 11.9. The highest BCUT2D eigenvalue weighted by Gasteiger charge is 2.31. The molecule has 0 aliphatic carbocycles. The minimum absolute atomic E-state index is 0.138. The summed E-state index contributed by atoms with van der Waals surface area (Å²) in [6.45, 7) is 4.18. The molecule has 1 amide bonds. The summed E-state index contributed by atoms with van der Waals surface area (Å²) < 4.78 is 11.1. The summed E-state index contributed by atoms with van der Waals surface area (Å²) in [7, 11) is 0. The van der Waals surface area contributed by atoms with Crippen molar-refractivity contribution in [1.82, 2.24) is 5.32 Å². The smallest absolute Gasteiger partial charge is 0.258 e. The molecule has 0 aromatic heterocycles. The second-order valence-electron chi connectivity index (χ2n) is 4.26. The van der Waals surface area contributed by atoms with Crippen molar-refractivity contribution < 1.29 is 14.3 Å². The molecule has 0 atom stereocenters. The first-order chi connectivity index (χ1) is 8.02. The first-order valence-electron chi connectivity index (χ1n) is 5.36. The van der Waals surface area contributed by atoms with Crippen molar-refractivity contribution in [2.24, 2.45) is 0 Å². The van der Waals surface area contributed by atoms with E-state index in [1.165, 1.54) is 0 Å². The first kappa shape index (κ1) is 12.2. The van der Waals surface area contributed by atoms with Gasteiger partial charge < -0.3 is 14.8 Å². The molecule has 5 heteroatoms. The zero-order chi connectivity index (χ0) is 12.5. The second kappa shape index (κ2) is 4.56. The standard InChI is InChI=1S/C12H14BrNO3/c1-12(2)14-11(15)9-7-8(16-6-5-13)3-4-10(9)17-12/h3-4,7H,5-6H2,1-2H3,(H,14,15). The molecule has 1 N–H and O–H groups in total. The fraction of sp³-hybridized carbons (Fsp3) is 0.417. The lowest BCUT2D eigenvalue weighted by Gasteiger charge is -2.33. The van der Waals surface area contributed by atoms with Gasteiger partial charge in [-0.3, -0.25) is 4.79 Å². The molecular formula is C12H14BrNO3. The molecule has 0 spiro atoms. The number of hydrogen-bond donors (Lipinski definition) is 1. The van der Waals surface area contributed by atoms with Gasteiger partial charge in [-0.15, -0.1) is 0 Å². The van der Waals surface area contributed by atoms with Gasteiger partial charge in [-0.25, -0.2) is 0 Å². The van der Waals surface area contributed by atoms with Crippen molar-refractivity contribution in [2.45, 2.75) is 19.6 Å². The number of alkyl halides is 1. The highest BCUT2D eigenvalue weighted by molar-refractivity contribution is 9.09. The highest BCUT2D eigenvalue weighted by Crippen LogP contribution is 2.30. The minimum Gasteiger partial charge on any atom is -0.493 e. The fourth-order valence-corrected chi connectivity index (χ4v) is 1.82. The van der Waals surface area contributed by atoms with Crippen molar-refractivity contribution in [1.29, 1.82) is 0 Å². The maximum absolute atomic E-state index is 11.9. The Kier molecular flexibility index (Phi) is 3.28. The van der Waals surface area contributed by atoms with Crippen LogP contribution < -0.4 is 14.8 Å². The molecule has 0 unspecified atom stereocenters. The van der Waals surface area contributed by atoms with Gasteiger partial charge in [-0.05, 0) is 32.0 Å². The Morgan fingerprint density at radius 1 is 1.47 bits per heavy atom. The van der Waals surface area contributed by atoms with E-state index in [0.29, 0.717) is 23.7 Å². The van der Waals surface area contributed by atoms with Crippen molar-refractivity contribution >= 4 is 21.8 Å². The van der Waals surface area contributed by atoms with Crippen LogP contribution in [0, 0.1) is 0 Å². The summed E-state index contributed by atoms with van der Waals surface area (Å²) in [4.78, 5) is 11.9. The van der Waals surface area contributed by atoms with Crippen LogP contribution in [-0.2, 0) is 0 Å². The summed E-state index contributed by atoms with van der Waals surface area (Å²) in [6, 6.07) is 5.26. The zero-order valence-electron chi connectivity index (χ0n) is 9.75. The number of ether oxygens (including phenoxy) is 2. The summed E-state index contributed by atoms with van der Waals surface area (Å²) in [5.41, 5.74) is -0.154. The Bertz CT molecular complexity index is 445. The average molecular weight is 300 g/mol. The van der Waals surface area contributed by atoms with Crippen molar-refractivity contribution in [3.63, 3.8) is 0 Å². The molecule has 92 valence electrons. The Labute approximate surface area is 108 Å². The molecule has 0 saturated heterocycles. The number of carbonyl (C=O) groups is 1. The predicted octanol–water partition coefficient (Wildman–Crippen LogP) is 2.32. The van der Waals surface area contributed by atoms with E-state index >= 15 is 0 Å². The Balaban J connectivity index is 2.27. The van der Waals surface area contributed by atoms with Crippen LogP contribution in [0.1, 0.15) is 24.2 Å². The number of halogens is 1. The van der Waals surface area contributed by atoms with Crippen molar-refractivity contribution in [3.05, 3.63) is 23.8 Å². The lowest BCUT2D eigenvalue weighted by molar-refractivity contribution is 0.0431. The molecule has 17 heavy (non-hydrogen) atoms. The van der Waals surface area contributed by atoms with E-state index in [2.05, 4.69) is 21.2 Å². The van der Waals surface area contributed by atoms with E-state index in [9.17, 15) is 4.79 Å². The first-order valence-corrected chi connectivity index (χ1v) is 6.48. The molecule has 0 saturated carbocycles. The molecule has 1 aliphatic heterocycles. The Morgan fingerprint density at radius 3 is 2.94 bits per heavy atom. The van der Waals surface area contributed by atoms with Gasteiger partial charge in [-0.2, -0.15) is 0 Å². The summed E-state index contributed by atoms with van der Waals surface area (Å²) >= 11 is 3.28. The minimum atomic E-state index is -0.664. The van der Waals surface area contributed by atoms with Gasteiger partial charge in [0.05, 0.1) is 12.2 Å². The number of benzene rings is 1. The summed E-state index contributed by atoms with van der Waals surface area (Å²) in [5, 5.41) is 3.52. The third-order valence-corrected chi connectivity index (χ3v) is 2.64. The van der Waals surface area contributed by atoms with E-state index in [1.807, 2.05) is 13.8 Å². The van der Waals surface area contributed by atoms with Gasteiger partial charge in [0, 0.05) is 5.33 Å². The van der Waals surface area contributed by atoms with E-state index in [-0.39, 0.29) is 5.91 Å². The van der Waals surface area contributed by atoms with Gasteiger partial charge in [0.2, 0.25) is 0 Å². The number of fused-ring (bicyclic) bond motifs is 1. The number of carbonyl (C=O) groups excluding carboxylic acids is 1. The molecule has 0 radical (unpaired) electrons. The normalized spacial score (nSPS) is 16.8. The molecule has 0 bridgehead atoms. The van der Waals surface area contributed by atoms with Crippen LogP contribution in [0.2, 0.25) is 0 Å². The van der Waals surface area contributed by atoms with E-state index < -0.39 is 5.72 Å². The second-order valence-corrected chi connectivity index (χ2v) is 5.05. The lowest BCUT2D eigenvalue weighted by atomic mass is 10.1. The monoisotopic (exact) mass is 299 g/mol. The van der Waals surface area contributed by atoms with Crippen LogP contribution in [0.5, 0.6) is 11.5 Å². The SMILES string of the molecule is CC1(C)NC(=O)c2cc(OCCBr)ccc2O1. The van der Waals surface area contributed by atoms with Crippen molar-refractivity contribution in [2.75, 3.05) is 11.9 Å². The van der Waals surface area contributed by atoms with Gasteiger partial charge in [0.1, 0.15) is 11.5 Å². The number of hydrogen-bond acceptors (Lipinski definition) is 3. The lowest BCUT2D eigenvalue weighted by Crippen LogP contribution is -2.51. The molecule has 1 aromatic carbocycles. The number of rotatable bonds is 3. The molecule has 0 fully saturated rings. The zero-order valence-corrected chi connectivity index (χ0v) is 11.3. The van der Waals surface area contributed by atoms with Gasteiger partial charge in [-0.1, -0.05) is 15.9 Å². The number of amides is 1. The maximum Gasteiger partial charge on any atom is 0.258 e. The van der Waals surface area contributed by atoms with Gasteiger partial charge >= 0.3 is 0 Å². The van der Waals surface area contributed by atoms with E-state index in [1.54, 1.807) is 18.2 Å². The molecule has 1 aliphatic rings. The fourth-order valence-electron chi connectivity index (χ4n) is 1.66. The third kappa shape index (κ3) is 2.72. The molecule has 4 nitrogen and oxygen atoms in total. The Hall–Kier alpha value is -1.23. The molecular weight excluding hydrogens is 286 g/mol. The van der Waals surface area contributed by atoms with Crippen LogP contribution in [0.15, 0.2) is 18.2 Å². The van der Waals surface area contributed by atoms with Gasteiger partial charge in [0.25, 0.3) is 5.91 Å². The predicted molar refractivity (Wildman–Crippen MR) is 67.9 cm³/mol. The summed E-state index contributed by atoms with van der Waals surface area (Å²) in [5.74, 6) is 1.12. The Morgan fingerprint density at radius 2 is 2.24 bits per heavy atom. The largest absolute Gasteiger partial charge is 0.493 e. The number of nitrogens with one attached hydrogen (secondary N) is 1. The van der Waals surface area contributed by atoms with E-state index in [4.69, 9.17) is 9.47 Å². The third-order valence-electron chi connectivity index (χ3n) is 2.32. The average Bonchev–Trinajstić information content (AvgIpc) is 2.25. The van der Waals surface area contributed by atoms with Gasteiger partial charge in [0.15, 0.2) is 5.72 Å². The van der Waals surface area contributed by atoms with E-state index in [0.717, 1.165) is 5.33 Å². The molecule has 2 rings (SSSR count). The quantitative estimate of drug-likeness (QED) is 0.872.